The fourth-order valence-corrected chi connectivity index (χ4v) is 1.79. The van der Waals surface area contributed by atoms with Gasteiger partial charge in [-0.3, -0.25) is 0 Å². The van der Waals surface area contributed by atoms with E-state index in [9.17, 15) is 0 Å². The molecule has 10 heteroatoms. The quantitative estimate of drug-likeness (QED) is 0.255. The van der Waals surface area contributed by atoms with Gasteiger partial charge in [0.1, 0.15) is 0 Å². The van der Waals surface area contributed by atoms with Gasteiger partial charge in [0.05, 0.1) is 26.2 Å². The zero-order valence-corrected chi connectivity index (χ0v) is 20.5. The van der Waals surface area contributed by atoms with Crippen LogP contribution in [0.3, 0.4) is 0 Å². The molecule has 26 heavy (non-hydrogen) atoms. The van der Waals surface area contributed by atoms with Gasteiger partial charge in [0.15, 0.2) is 24.3 Å². The maximum atomic E-state index is 8.10. The molecule has 0 unspecified atom stereocenters. The fraction of sp³-hybridized carbons (Fsp3) is 0.500. The molecule has 0 bridgehead atoms. The van der Waals surface area contributed by atoms with Gasteiger partial charge in [0.2, 0.25) is 0 Å². The van der Waals surface area contributed by atoms with E-state index in [0.717, 1.165) is 0 Å². The number of quaternary nitrogens is 1. The Morgan fingerprint density at radius 1 is 0.577 bits per heavy atom. The van der Waals surface area contributed by atoms with Crippen LogP contribution in [0.4, 0.5) is 0 Å². The number of rotatable bonds is 4. The Labute approximate surface area is 190 Å². The van der Waals surface area contributed by atoms with Gasteiger partial charge in [-0.25, -0.2) is 0 Å². The summed E-state index contributed by atoms with van der Waals surface area (Å²) in [5.74, 6) is 0. The van der Waals surface area contributed by atoms with Crippen LogP contribution in [0, 0.1) is 45.3 Å². The molecular formula is C16H28FeN5S4+7. The van der Waals surface area contributed by atoms with E-state index < -0.39 is 0 Å². The third-order valence-corrected chi connectivity index (χ3v) is 5.58. The van der Waals surface area contributed by atoms with E-state index in [0.29, 0.717) is 0 Å². The molecule has 0 saturated carbocycles. The van der Waals surface area contributed by atoms with E-state index in [4.69, 9.17) is 21.0 Å². The zero-order valence-electron chi connectivity index (χ0n) is 15.4. The van der Waals surface area contributed by atoms with Crippen molar-refractivity contribution in [3.63, 3.8) is 0 Å². The molecule has 0 saturated heterocycles. The number of hydrogen-bond donors (Lipinski definition) is 0. The summed E-state index contributed by atoms with van der Waals surface area (Å²) >= 11 is 11.6. The van der Waals surface area contributed by atoms with Crippen molar-refractivity contribution in [2.24, 2.45) is 0 Å². The summed E-state index contributed by atoms with van der Waals surface area (Å²) in [6, 6.07) is 6.95. The van der Waals surface area contributed by atoms with Crippen molar-refractivity contribution in [3.8, 4) is 24.3 Å². The standard InChI is InChI=1S/C8H20N.2C4H2N2S2.Fe/c1-5-9(6-2,7-3)8-4;2*5-1-3(7)4(8)2-6;/h5-8H2,1-4H3;2*7-8H;/q+1;;;+2/p+4/b;2*4-3-;. The van der Waals surface area contributed by atoms with Gasteiger partial charge < -0.3 is 4.48 Å². The van der Waals surface area contributed by atoms with Gasteiger partial charge in [-0.2, -0.15) is 21.0 Å². The molecule has 0 atom stereocenters. The minimum atomic E-state index is 0. The molecule has 142 valence electrons. The van der Waals surface area contributed by atoms with Gasteiger partial charge in [-0.05, 0) is 27.7 Å². The Morgan fingerprint density at radius 3 is 0.769 bits per heavy atom. The molecule has 0 spiro atoms. The van der Waals surface area contributed by atoms with E-state index in [-0.39, 0.29) is 36.7 Å². The fourth-order valence-electron chi connectivity index (χ4n) is 1.57. The molecule has 0 rings (SSSR count). The summed E-state index contributed by atoms with van der Waals surface area (Å²) in [6.07, 6.45) is 0. The Morgan fingerprint density at radius 2 is 0.731 bits per heavy atom. The van der Waals surface area contributed by atoms with E-state index >= 15 is 0 Å². The van der Waals surface area contributed by atoms with Crippen LogP contribution in [-0.4, -0.2) is 30.7 Å². The summed E-state index contributed by atoms with van der Waals surface area (Å²) in [7, 11) is 0. The van der Waals surface area contributed by atoms with Crippen molar-refractivity contribution in [3.05, 3.63) is 19.6 Å². The van der Waals surface area contributed by atoms with Gasteiger partial charge in [0.25, 0.3) is 19.6 Å². The molecule has 0 heterocycles. The summed E-state index contributed by atoms with van der Waals surface area (Å²) in [4.78, 5) is 0.849. The van der Waals surface area contributed by atoms with Crippen molar-refractivity contribution in [2.45, 2.75) is 27.7 Å². The second-order valence-electron chi connectivity index (χ2n) is 4.55. The Balaban J connectivity index is -0.000000137. The van der Waals surface area contributed by atoms with Gasteiger partial charge >= 0.3 is 17.1 Å². The Bertz CT molecular complexity index is 521. The number of nitrogens with zero attached hydrogens (tertiary/aromatic N) is 5. The molecule has 0 amide bonds. The normalized spacial score (nSPS) is 10.9. The predicted molar refractivity (Wildman–Crippen MR) is 120 cm³/mol. The van der Waals surface area contributed by atoms with Crippen LogP contribution >= 0.6 is 0 Å². The largest absolute Gasteiger partial charge is 2.00 e. The number of allylic oxidation sites excluding steroid dienone is 4. The third-order valence-electron chi connectivity index (χ3n) is 3.63. The molecule has 0 aliphatic rings. The molecule has 0 radical (unpaired) electrons. The monoisotopic (exact) mass is 474 g/mol. The summed E-state index contributed by atoms with van der Waals surface area (Å²) in [5, 5.41) is 32.4. The van der Waals surface area contributed by atoms with Crippen LogP contribution in [0.15, 0.2) is 19.6 Å². The molecule has 0 aromatic carbocycles. The molecule has 0 aromatic heterocycles. The number of hydrogen-bond acceptors (Lipinski definition) is 4. The maximum absolute atomic E-state index is 8.10. The van der Waals surface area contributed by atoms with Gasteiger partial charge in [0, 0.05) is 50.5 Å². The van der Waals surface area contributed by atoms with Crippen molar-refractivity contribution < 1.29 is 21.6 Å². The molecule has 0 aliphatic heterocycles. The van der Waals surface area contributed by atoms with Crippen LogP contribution < -0.4 is 0 Å². The molecule has 0 fully saturated rings. The van der Waals surface area contributed by atoms with Crippen LogP contribution in [-0.2, 0) is 67.6 Å². The van der Waals surface area contributed by atoms with Crippen molar-refractivity contribution in [2.75, 3.05) is 26.2 Å². The minimum absolute atomic E-state index is 0. The smallest absolute Gasteiger partial charge is 0.325 e. The van der Waals surface area contributed by atoms with Crippen molar-refractivity contribution in [1.29, 1.82) is 21.0 Å². The summed E-state index contributed by atoms with van der Waals surface area (Å²) in [5.41, 5.74) is 0. The second kappa shape index (κ2) is 20.6. The van der Waals surface area contributed by atoms with Crippen molar-refractivity contribution in [1.82, 2.24) is 0 Å². The SMILES string of the molecule is CC[N+](CC)(CC)CC.N#C/C([SH2+])=C(/[SH2+])C#N.N#C/C([SH2+])=C(/[SH2+])C#N.[Fe+2]. The topological polar surface area (TPSA) is 95.2 Å². The van der Waals surface area contributed by atoms with Crippen LogP contribution in [0.5, 0.6) is 0 Å². The van der Waals surface area contributed by atoms with Crippen LogP contribution in [0.25, 0.3) is 0 Å². The average molecular weight is 475 g/mol. The average Bonchev–Trinajstić information content (AvgIpc) is 2.68. The minimum Gasteiger partial charge on any atom is -0.325 e. The molecule has 5 nitrogen and oxygen atoms in total. The summed E-state index contributed by atoms with van der Waals surface area (Å²) in [6.45, 7) is 14.2. The predicted octanol–water partition coefficient (Wildman–Crippen LogP) is 0.417. The molecular weight excluding hydrogens is 446 g/mol. The van der Waals surface area contributed by atoms with E-state index in [1.807, 2.05) is 0 Å². The van der Waals surface area contributed by atoms with E-state index in [1.165, 1.54) is 30.7 Å². The first-order valence-corrected chi connectivity index (χ1v) is 9.49. The molecule has 0 N–H and O–H groups in total. The first kappa shape index (κ1) is 32.9. The maximum Gasteiger partial charge on any atom is 2.00 e. The van der Waals surface area contributed by atoms with Crippen LogP contribution in [0.1, 0.15) is 27.7 Å². The third kappa shape index (κ3) is 15.6. The first-order valence-electron chi connectivity index (χ1n) is 7.49. The van der Waals surface area contributed by atoms with Crippen molar-refractivity contribution >= 4 is 50.5 Å². The Hall–Kier alpha value is -0.681. The molecule has 0 aliphatic carbocycles. The Kier molecular flexibility index (Phi) is 26.1. The zero-order chi connectivity index (χ0) is 20.5. The van der Waals surface area contributed by atoms with Gasteiger partial charge in [-0.1, -0.05) is 0 Å². The van der Waals surface area contributed by atoms with E-state index in [1.54, 1.807) is 24.3 Å². The van der Waals surface area contributed by atoms with Crippen LogP contribution in [0.2, 0.25) is 0 Å². The summed E-state index contributed by atoms with van der Waals surface area (Å²) < 4.78 is 1.28. The van der Waals surface area contributed by atoms with Gasteiger partial charge in [-0.15, -0.1) is 0 Å². The second-order valence-corrected chi connectivity index (χ2v) is 6.55. The number of nitriles is 4. The molecule has 0 aromatic rings. The first-order chi connectivity index (χ1) is 11.7. The van der Waals surface area contributed by atoms with E-state index in [2.05, 4.69) is 78.2 Å².